The Bertz CT molecular complexity index is 980. The Hall–Kier alpha value is -2.12. The summed E-state index contributed by atoms with van der Waals surface area (Å²) in [5, 5.41) is 4.60. The number of benzene rings is 1. The first kappa shape index (κ1) is 26.9. The maximum Gasteiger partial charge on any atom is 0.154 e. The second kappa shape index (κ2) is 12.7. The highest BCUT2D eigenvalue weighted by Crippen LogP contribution is 2.28. The van der Waals surface area contributed by atoms with E-state index in [0.717, 1.165) is 53.7 Å². The molecule has 6 nitrogen and oxygen atoms in total. The van der Waals surface area contributed by atoms with Crippen LogP contribution in [0, 0.1) is 0 Å². The Morgan fingerprint density at radius 1 is 0.968 bits per heavy atom. The average molecular weight is 485 g/mol. The van der Waals surface area contributed by atoms with E-state index >= 15 is 0 Å². The minimum absolute atomic E-state index is 0. The van der Waals surface area contributed by atoms with E-state index in [1.807, 2.05) is 42.5 Å². The smallest absolute Gasteiger partial charge is 0.154 e. The molecular weight excluding hydrogens is 457 g/mol. The first-order valence-electron chi connectivity index (χ1n) is 9.67. The first-order valence-corrected chi connectivity index (χ1v) is 9.67. The van der Waals surface area contributed by atoms with Crippen LogP contribution >= 0.6 is 37.2 Å². The normalized spacial score (nSPS) is 17.9. The fraction of sp³-hybridized carbons (Fsp3) is 0.318. The number of fused-ring (bicyclic) bond motifs is 1. The van der Waals surface area contributed by atoms with Gasteiger partial charge in [0.2, 0.25) is 0 Å². The zero-order valence-corrected chi connectivity index (χ0v) is 19.7. The lowest BCUT2D eigenvalue weighted by Gasteiger charge is -2.27. The number of halogens is 3. The van der Waals surface area contributed by atoms with Crippen LogP contribution in [0.3, 0.4) is 0 Å². The number of anilines is 1. The van der Waals surface area contributed by atoms with Gasteiger partial charge in [-0.05, 0) is 67.7 Å². The number of aromatic nitrogens is 3. The molecule has 3 aromatic rings. The van der Waals surface area contributed by atoms with Crippen molar-refractivity contribution in [3.05, 3.63) is 54.1 Å². The van der Waals surface area contributed by atoms with E-state index < -0.39 is 0 Å². The van der Waals surface area contributed by atoms with Gasteiger partial charge in [0.15, 0.2) is 5.82 Å². The standard InChI is InChI=1S/C22H25N5O.3ClH/c1-28-18-7-8-20-19(14-18)22(25-17-5-3-16(23)4-6-17)27-21(26-20)9-2-15-10-12-24-13-11-15;;;/h2,7-14,16-17H,3-6,23H2,1H3,(H,25,26,27);3*1H/b9-2+;;;. The van der Waals surface area contributed by atoms with Gasteiger partial charge in [-0.25, -0.2) is 9.97 Å². The molecule has 4 rings (SSSR count). The second-order valence-electron chi connectivity index (χ2n) is 7.18. The fourth-order valence-corrected chi connectivity index (χ4v) is 3.54. The summed E-state index contributed by atoms with van der Waals surface area (Å²) in [7, 11) is 1.67. The number of nitrogens with two attached hydrogens (primary N) is 1. The zero-order valence-electron chi connectivity index (χ0n) is 17.2. The molecule has 2 aromatic heterocycles. The monoisotopic (exact) mass is 483 g/mol. The van der Waals surface area contributed by atoms with Gasteiger partial charge < -0.3 is 15.8 Å². The predicted molar refractivity (Wildman–Crippen MR) is 135 cm³/mol. The second-order valence-corrected chi connectivity index (χ2v) is 7.18. The van der Waals surface area contributed by atoms with Crippen molar-refractivity contribution in [2.24, 2.45) is 5.73 Å². The number of hydrogen-bond acceptors (Lipinski definition) is 6. The summed E-state index contributed by atoms with van der Waals surface area (Å²) >= 11 is 0. The number of nitrogens with zero attached hydrogens (tertiary/aromatic N) is 3. The number of ether oxygens (including phenoxy) is 1. The van der Waals surface area contributed by atoms with Crippen LogP contribution in [-0.2, 0) is 0 Å². The Labute approximate surface area is 201 Å². The van der Waals surface area contributed by atoms with Crippen molar-refractivity contribution in [2.45, 2.75) is 37.8 Å². The van der Waals surface area contributed by atoms with Gasteiger partial charge in [0.25, 0.3) is 0 Å². The van der Waals surface area contributed by atoms with Crippen LogP contribution in [-0.4, -0.2) is 34.1 Å². The number of methoxy groups -OCH3 is 1. The molecule has 1 aliphatic carbocycles. The molecule has 1 aliphatic rings. The first-order chi connectivity index (χ1) is 13.7. The van der Waals surface area contributed by atoms with E-state index in [2.05, 4.69) is 10.3 Å². The summed E-state index contributed by atoms with van der Waals surface area (Å²) in [6, 6.07) is 10.5. The molecule has 0 saturated heterocycles. The summed E-state index contributed by atoms with van der Waals surface area (Å²) in [4.78, 5) is 13.5. The van der Waals surface area contributed by atoms with Crippen molar-refractivity contribution in [3.63, 3.8) is 0 Å². The highest BCUT2D eigenvalue weighted by atomic mass is 35.5. The van der Waals surface area contributed by atoms with E-state index in [1.165, 1.54) is 0 Å². The fourth-order valence-electron chi connectivity index (χ4n) is 3.54. The highest BCUT2D eigenvalue weighted by molar-refractivity contribution is 5.91. The van der Waals surface area contributed by atoms with Crippen LogP contribution in [0.1, 0.15) is 37.1 Å². The number of nitrogens with one attached hydrogen (secondary N) is 1. The largest absolute Gasteiger partial charge is 0.497 e. The van der Waals surface area contributed by atoms with Gasteiger partial charge in [-0.15, -0.1) is 37.2 Å². The molecule has 0 amide bonds. The van der Waals surface area contributed by atoms with Crippen LogP contribution in [0.2, 0.25) is 0 Å². The van der Waals surface area contributed by atoms with Crippen molar-refractivity contribution in [1.29, 1.82) is 0 Å². The van der Waals surface area contributed by atoms with E-state index in [4.69, 9.17) is 20.4 Å². The molecule has 0 spiro atoms. The van der Waals surface area contributed by atoms with Gasteiger partial charge >= 0.3 is 0 Å². The molecule has 0 unspecified atom stereocenters. The molecule has 1 fully saturated rings. The maximum atomic E-state index is 6.05. The maximum absolute atomic E-state index is 6.05. The molecule has 9 heteroatoms. The van der Waals surface area contributed by atoms with Crippen LogP contribution in [0.25, 0.3) is 23.1 Å². The summed E-state index contributed by atoms with van der Waals surface area (Å²) in [6.07, 6.45) is 11.7. The minimum atomic E-state index is 0. The third kappa shape index (κ3) is 6.94. The van der Waals surface area contributed by atoms with Gasteiger partial charge in [0.1, 0.15) is 11.6 Å². The van der Waals surface area contributed by atoms with Crippen molar-refractivity contribution in [3.8, 4) is 5.75 Å². The number of pyridine rings is 1. The third-order valence-electron chi connectivity index (χ3n) is 5.16. The number of rotatable bonds is 5. The van der Waals surface area contributed by atoms with Gasteiger partial charge in [-0.1, -0.05) is 6.08 Å². The number of hydrogen-bond donors (Lipinski definition) is 2. The van der Waals surface area contributed by atoms with Crippen molar-refractivity contribution in [2.75, 3.05) is 12.4 Å². The van der Waals surface area contributed by atoms with Gasteiger partial charge in [0.05, 0.1) is 12.6 Å². The van der Waals surface area contributed by atoms with Gasteiger partial charge in [-0.2, -0.15) is 0 Å². The Balaban J connectivity index is 0.00000160. The van der Waals surface area contributed by atoms with Gasteiger partial charge in [-0.3, -0.25) is 4.98 Å². The molecule has 31 heavy (non-hydrogen) atoms. The van der Waals surface area contributed by atoms with Crippen LogP contribution in [0.15, 0.2) is 42.7 Å². The molecule has 0 radical (unpaired) electrons. The summed E-state index contributed by atoms with van der Waals surface area (Å²) < 4.78 is 5.40. The lowest BCUT2D eigenvalue weighted by atomic mass is 9.92. The molecule has 1 aromatic carbocycles. The summed E-state index contributed by atoms with van der Waals surface area (Å²) in [5.74, 6) is 2.31. The molecule has 1 saturated carbocycles. The molecule has 2 heterocycles. The van der Waals surface area contributed by atoms with Crippen molar-refractivity contribution >= 4 is 66.1 Å². The zero-order chi connectivity index (χ0) is 19.3. The minimum Gasteiger partial charge on any atom is -0.497 e. The SMILES string of the molecule is COc1ccc2nc(/C=C/c3ccncc3)nc(NC3CCC(N)CC3)c2c1.Cl.Cl.Cl. The lowest BCUT2D eigenvalue weighted by molar-refractivity contribution is 0.410. The van der Waals surface area contributed by atoms with E-state index in [1.54, 1.807) is 19.5 Å². The average Bonchev–Trinajstić information content (AvgIpc) is 2.74. The third-order valence-corrected chi connectivity index (χ3v) is 5.16. The molecule has 0 bridgehead atoms. The molecule has 0 atom stereocenters. The molecular formula is C22H28Cl3N5O. The van der Waals surface area contributed by atoms with Gasteiger partial charge in [0, 0.05) is 29.9 Å². The lowest BCUT2D eigenvalue weighted by Crippen LogP contribution is -2.33. The Morgan fingerprint density at radius 2 is 1.68 bits per heavy atom. The van der Waals surface area contributed by atoms with E-state index in [-0.39, 0.29) is 37.2 Å². The van der Waals surface area contributed by atoms with E-state index in [9.17, 15) is 0 Å². The predicted octanol–water partition coefficient (Wildman–Crippen LogP) is 5.15. The van der Waals surface area contributed by atoms with Crippen molar-refractivity contribution in [1.82, 2.24) is 15.0 Å². The van der Waals surface area contributed by atoms with Crippen LogP contribution in [0.4, 0.5) is 5.82 Å². The van der Waals surface area contributed by atoms with Crippen LogP contribution in [0.5, 0.6) is 5.75 Å². The Morgan fingerprint density at radius 3 is 2.35 bits per heavy atom. The highest BCUT2D eigenvalue weighted by Gasteiger charge is 2.20. The van der Waals surface area contributed by atoms with Crippen molar-refractivity contribution < 1.29 is 4.74 Å². The topological polar surface area (TPSA) is 86.0 Å². The Kier molecular flexibility index (Phi) is 11.0. The molecule has 168 valence electrons. The van der Waals surface area contributed by atoms with Crippen LogP contribution < -0.4 is 15.8 Å². The molecule has 0 aliphatic heterocycles. The van der Waals surface area contributed by atoms with E-state index in [0.29, 0.717) is 17.9 Å². The summed E-state index contributed by atoms with van der Waals surface area (Å²) in [5.41, 5.74) is 8.00. The molecule has 3 N–H and O–H groups in total. The summed E-state index contributed by atoms with van der Waals surface area (Å²) in [6.45, 7) is 0. The quantitative estimate of drug-likeness (QED) is 0.521.